The highest BCUT2D eigenvalue weighted by atomic mass is 19.1. The smallest absolute Gasteiger partial charge is 0.222 e. The van der Waals surface area contributed by atoms with Gasteiger partial charge in [0.25, 0.3) is 0 Å². The monoisotopic (exact) mass is 389 g/mol. The zero-order valence-electron chi connectivity index (χ0n) is 17.0. The standard InChI is InChI=1S/C21H32FN5O/c1-3-17(27-12-6-9-20(27)28)10-11-24-21(23-2)26-15-13-25(14-16-26)19-8-5-4-7-18(19)22/h4-5,7-8,17H,3,6,9-16H2,1-2H3,(H,23,24). The number of anilines is 1. The number of likely N-dealkylation sites (tertiary alicyclic amines) is 1. The highest BCUT2D eigenvalue weighted by molar-refractivity contribution is 5.80. The van der Waals surface area contributed by atoms with Gasteiger partial charge < -0.3 is 20.0 Å². The van der Waals surface area contributed by atoms with Crippen LogP contribution in [-0.2, 0) is 4.79 Å². The van der Waals surface area contributed by atoms with Crippen molar-refractivity contribution in [2.75, 3.05) is 51.2 Å². The summed E-state index contributed by atoms with van der Waals surface area (Å²) >= 11 is 0. The van der Waals surface area contributed by atoms with Crippen molar-refractivity contribution in [3.63, 3.8) is 0 Å². The summed E-state index contributed by atoms with van der Waals surface area (Å²) in [6, 6.07) is 7.25. The summed E-state index contributed by atoms with van der Waals surface area (Å²) in [7, 11) is 1.80. The summed E-state index contributed by atoms with van der Waals surface area (Å²) in [5.74, 6) is 1.01. The van der Waals surface area contributed by atoms with Crippen molar-refractivity contribution in [1.82, 2.24) is 15.1 Å². The number of nitrogens with zero attached hydrogens (tertiary/aromatic N) is 4. The Kier molecular flexibility index (Phi) is 7.12. The Hall–Kier alpha value is -2.31. The Bertz CT molecular complexity index is 687. The van der Waals surface area contributed by atoms with E-state index in [-0.39, 0.29) is 5.82 Å². The number of rotatable bonds is 6. The number of halogens is 1. The Morgan fingerprint density at radius 1 is 1.21 bits per heavy atom. The lowest BCUT2D eigenvalue weighted by Gasteiger charge is -2.38. The molecule has 0 radical (unpaired) electrons. The fourth-order valence-electron chi connectivity index (χ4n) is 4.19. The van der Waals surface area contributed by atoms with Crippen molar-refractivity contribution >= 4 is 17.6 Å². The van der Waals surface area contributed by atoms with Gasteiger partial charge in [0, 0.05) is 58.8 Å². The fourth-order valence-corrected chi connectivity index (χ4v) is 4.19. The van der Waals surface area contributed by atoms with Gasteiger partial charge in [-0.15, -0.1) is 0 Å². The lowest BCUT2D eigenvalue weighted by Crippen LogP contribution is -2.53. The topological polar surface area (TPSA) is 51.2 Å². The number of carbonyl (C=O) groups is 1. The molecule has 2 aliphatic rings. The van der Waals surface area contributed by atoms with Crippen LogP contribution in [0.1, 0.15) is 32.6 Å². The van der Waals surface area contributed by atoms with Gasteiger partial charge in [-0.05, 0) is 31.4 Å². The minimum atomic E-state index is -0.166. The molecule has 0 bridgehead atoms. The summed E-state index contributed by atoms with van der Waals surface area (Å²) < 4.78 is 14.0. The maximum absolute atomic E-state index is 14.0. The van der Waals surface area contributed by atoms with Crippen LogP contribution < -0.4 is 10.2 Å². The average molecular weight is 390 g/mol. The maximum atomic E-state index is 14.0. The zero-order chi connectivity index (χ0) is 19.9. The average Bonchev–Trinajstić information content (AvgIpc) is 3.15. The van der Waals surface area contributed by atoms with Gasteiger partial charge in [0.1, 0.15) is 5.82 Å². The van der Waals surface area contributed by atoms with Crippen LogP contribution in [0.2, 0.25) is 0 Å². The number of piperazine rings is 1. The van der Waals surface area contributed by atoms with Gasteiger partial charge in [-0.25, -0.2) is 4.39 Å². The van der Waals surface area contributed by atoms with Crippen LogP contribution in [0.3, 0.4) is 0 Å². The Labute approximate surface area is 167 Å². The first-order valence-corrected chi connectivity index (χ1v) is 10.4. The number of para-hydroxylation sites is 1. The van der Waals surface area contributed by atoms with Crippen molar-refractivity contribution in [2.45, 2.75) is 38.6 Å². The summed E-state index contributed by atoms with van der Waals surface area (Å²) in [6.45, 7) is 6.97. The number of carbonyl (C=O) groups excluding carboxylic acids is 1. The molecule has 28 heavy (non-hydrogen) atoms. The first kappa shape index (κ1) is 20.4. The van der Waals surface area contributed by atoms with E-state index >= 15 is 0 Å². The second kappa shape index (κ2) is 9.75. The minimum absolute atomic E-state index is 0.166. The van der Waals surface area contributed by atoms with E-state index in [1.807, 2.05) is 17.0 Å². The highest BCUT2D eigenvalue weighted by Gasteiger charge is 2.27. The molecule has 2 heterocycles. The van der Waals surface area contributed by atoms with Crippen LogP contribution in [-0.4, -0.2) is 74.0 Å². The third-order valence-corrected chi connectivity index (χ3v) is 5.77. The molecule has 3 rings (SSSR count). The van der Waals surface area contributed by atoms with Gasteiger partial charge in [-0.3, -0.25) is 9.79 Å². The van der Waals surface area contributed by atoms with Gasteiger partial charge in [-0.1, -0.05) is 19.1 Å². The Morgan fingerprint density at radius 2 is 1.96 bits per heavy atom. The molecular formula is C21H32FN5O. The normalized spacial score (nSPS) is 19.3. The molecule has 0 spiro atoms. The Balaban J connectivity index is 1.47. The Morgan fingerprint density at radius 3 is 2.57 bits per heavy atom. The van der Waals surface area contributed by atoms with E-state index in [9.17, 15) is 9.18 Å². The third-order valence-electron chi connectivity index (χ3n) is 5.77. The molecule has 0 aliphatic carbocycles. The number of hydrogen-bond acceptors (Lipinski definition) is 3. The van der Waals surface area contributed by atoms with Crippen molar-refractivity contribution in [3.05, 3.63) is 30.1 Å². The summed E-state index contributed by atoms with van der Waals surface area (Å²) in [4.78, 5) is 22.8. The largest absolute Gasteiger partial charge is 0.366 e. The summed E-state index contributed by atoms with van der Waals surface area (Å²) in [5.41, 5.74) is 0.672. The molecule has 154 valence electrons. The molecule has 1 atom stereocenters. The van der Waals surface area contributed by atoms with E-state index in [2.05, 4.69) is 27.0 Å². The predicted molar refractivity (Wildman–Crippen MR) is 111 cm³/mol. The zero-order valence-corrected chi connectivity index (χ0v) is 17.0. The van der Waals surface area contributed by atoms with E-state index < -0.39 is 0 Å². The van der Waals surface area contributed by atoms with Crippen LogP contribution in [0.5, 0.6) is 0 Å². The molecule has 2 aliphatic heterocycles. The number of amides is 1. The highest BCUT2D eigenvalue weighted by Crippen LogP contribution is 2.20. The lowest BCUT2D eigenvalue weighted by atomic mass is 10.1. The van der Waals surface area contributed by atoms with E-state index in [0.29, 0.717) is 24.1 Å². The quantitative estimate of drug-likeness (QED) is 0.599. The molecule has 1 unspecified atom stereocenters. The van der Waals surface area contributed by atoms with Gasteiger partial charge >= 0.3 is 0 Å². The van der Waals surface area contributed by atoms with Gasteiger partial charge in [0.2, 0.25) is 5.91 Å². The number of guanidine groups is 1. The van der Waals surface area contributed by atoms with Crippen LogP contribution in [0.4, 0.5) is 10.1 Å². The van der Waals surface area contributed by atoms with E-state index in [1.54, 1.807) is 13.1 Å². The van der Waals surface area contributed by atoms with Gasteiger partial charge in [-0.2, -0.15) is 0 Å². The van der Waals surface area contributed by atoms with Crippen molar-refractivity contribution in [2.24, 2.45) is 4.99 Å². The van der Waals surface area contributed by atoms with E-state index in [0.717, 1.165) is 64.5 Å². The minimum Gasteiger partial charge on any atom is -0.366 e. The van der Waals surface area contributed by atoms with Crippen LogP contribution in [0.25, 0.3) is 0 Å². The first-order valence-electron chi connectivity index (χ1n) is 10.4. The van der Waals surface area contributed by atoms with Crippen molar-refractivity contribution in [1.29, 1.82) is 0 Å². The molecule has 0 saturated carbocycles. The molecule has 7 heteroatoms. The molecule has 2 saturated heterocycles. The molecule has 1 aromatic carbocycles. The lowest BCUT2D eigenvalue weighted by molar-refractivity contribution is -0.129. The summed E-state index contributed by atoms with van der Waals surface area (Å²) in [6.07, 6.45) is 3.58. The van der Waals surface area contributed by atoms with Crippen LogP contribution in [0, 0.1) is 5.82 Å². The number of benzene rings is 1. The van der Waals surface area contributed by atoms with Crippen molar-refractivity contribution in [3.8, 4) is 0 Å². The van der Waals surface area contributed by atoms with Crippen LogP contribution >= 0.6 is 0 Å². The second-order valence-corrected chi connectivity index (χ2v) is 7.44. The fraction of sp³-hybridized carbons (Fsp3) is 0.619. The molecule has 1 amide bonds. The molecule has 0 aromatic heterocycles. The van der Waals surface area contributed by atoms with Gasteiger partial charge in [0.15, 0.2) is 5.96 Å². The second-order valence-electron chi connectivity index (χ2n) is 7.44. The number of hydrogen-bond donors (Lipinski definition) is 1. The first-order chi connectivity index (χ1) is 13.6. The SMILES string of the molecule is CCC(CCNC(=NC)N1CCN(c2ccccc2F)CC1)N1CCCC1=O. The summed E-state index contributed by atoms with van der Waals surface area (Å²) in [5, 5.41) is 3.45. The van der Waals surface area contributed by atoms with E-state index in [4.69, 9.17) is 0 Å². The predicted octanol–water partition coefficient (Wildman–Crippen LogP) is 2.31. The molecule has 1 aromatic rings. The number of aliphatic imine (C=N–C) groups is 1. The molecule has 6 nitrogen and oxygen atoms in total. The molecular weight excluding hydrogens is 357 g/mol. The van der Waals surface area contributed by atoms with E-state index in [1.165, 1.54) is 6.07 Å². The molecule has 2 fully saturated rings. The van der Waals surface area contributed by atoms with Gasteiger partial charge in [0.05, 0.1) is 5.69 Å². The third kappa shape index (κ3) is 4.75. The molecule has 1 N–H and O–H groups in total. The van der Waals surface area contributed by atoms with Crippen LogP contribution in [0.15, 0.2) is 29.3 Å². The maximum Gasteiger partial charge on any atom is 0.222 e. The van der Waals surface area contributed by atoms with Crippen molar-refractivity contribution < 1.29 is 9.18 Å². The number of nitrogens with one attached hydrogen (secondary N) is 1.